The molecule has 5 heteroatoms. The first-order valence-electron chi connectivity index (χ1n) is 3.44. The maximum absolute atomic E-state index is 10.9. The van der Waals surface area contributed by atoms with Gasteiger partial charge in [-0.15, -0.1) is 0 Å². The molecule has 0 aromatic carbocycles. The van der Waals surface area contributed by atoms with Gasteiger partial charge >= 0.3 is 0 Å². The van der Waals surface area contributed by atoms with E-state index < -0.39 is 8.38 Å². The van der Waals surface area contributed by atoms with Gasteiger partial charge in [-0.3, -0.25) is 4.79 Å². The molecule has 1 N–H and O–H groups in total. The molecular formula is C7H14NO3P. The van der Waals surface area contributed by atoms with Crippen molar-refractivity contribution < 1.29 is 13.8 Å². The molecule has 0 aliphatic rings. The number of hydrogen-bond acceptors (Lipinski definition) is 3. The van der Waals surface area contributed by atoms with Crippen LogP contribution in [0.1, 0.15) is 6.92 Å². The van der Waals surface area contributed by atoms with Gasteiger partial charge in [0.05, 0.1) is 0 Å². The topological polar surface area (TPSA) is 47.6 Å². The largest absolute Gasteiger partial charge is 0.356 e. The second-order valence-electron chi connectivity index (χ2n) is 2.02. The van der Waals surface area contributed by atoms with E-state index in [1.165, 1.54) is 6.08 Å². The Balaban J connectivity index is 4.23. The van der Waals surface area contributed by atoms with Crippen LogP contribution in [0, 0.1) is 0 Å². The van der Waals surface area contributed by atoms with Crippen molar-refractivity contribution in [1.29, 1.82) is 0 Å². The van der Waals surface area contributed by atoms with E-state index in [2.05, 4.69) is 5.32 Å². The van der Waals surface area contributed by atoms with Crippen LogP contribution < -0.4 is 5.32 Å². The molecule has 70 valence electrons. The second-order valence-corrected chi connectivity index (χ2v) is 3.97. The van der Waals surface area contributed by atoms with Crippen LogP contribution in [0.3, 0.4) is 0 Å². The quantitative estimate of drug-likeness (QED) is 0.537. The summed E-state index contributed by atoms with van der Waals surface area (Å²) in [5.41, 5.74) is 0. The van der Waals surface area contributed by atoms with Crippen molar-refractivity contribution in [2.24, 2.45) is 0 Å². The third-order valence-corrected chi connectivity index (χ3v) is 2.57. The van der Waals surface area contributed by atoms with Crippen LogP contribution in [-0.4, -0.2) is 27.2 Å². The number of likely N-dealkylation sites (N-methyl/N-ethyl adjacent to an activating group) is 1. The number of amides is 1. The van der Waals surface area contributed by atoms with Crippen molar-refractivity contribution in [1.82, 2.24) is 5.32 Å². The van der Waals surface area contributed by atoms with Crippen LogP contribution in [0.25, 0.3) is 0 Å². The third-order valence-electron chi connectivity index (χ3n) is 1.21. The SMILES string of the molecule is CNC(=O)/C=C(/C)P(OC)OC. The Labute approximate surface area is 73.9 Å². The Hall–Kier alpha value is -0.440. The molecule has 0 heterocycles. The summed E-state index contributed by atoms with van der Waals surface area (Å²) in [6.07, 6.45) is 1.47. The van der Waals surface area contributed by atoms with E-state index in [0.717, 1.165) is 5.31 Å². The summed E-state index contributed by atoms with van der Waals surface area (Å²) in [6.45, 7) is 1.80. The molecular weight excluding hydrogens is 177 g/mol. The molecule has 0 saturated heterocycles. The summed E-state index contributed by atoms with van der Waals surface area (Å²) < 4.78 is 10.0. The molecule has 0 aromatic rings. The Bertz CT molecular complexity index is 177. The molecule has 4 nitrogen and oxygen atoms in total. The lowest BCUT2D eigenvalue weighted by atomic mass is 10.5. The van der Waals surface area contributed by atoms with Gasteiger partial charge in [0.15, 0.2) is 8.38 Å². The fourth-order valence-electron chi connectivity index (χ4n) is 0.677. The van der Waals surface area contributed by atoms with Gasteiger partial charge in [0.2, 0.25) is 5.91 Å². The Kier molecular flexibility index (Phi) is 5.89. The molecule has 0 aliphatic heterocycles. The number of allylic oxidation sites excluding steroid dienone is 1. The average Bonchev–Trinajstić information content (AvgIpc) is 2.06. The van der Waals surface area contributed by atoms with Crippen molar-refractivity contribution in [2.45, 2.75) is 6.92 Å². The molecule has 0 bridgehead atoms. The van der Waals surface area contributed by atoms with Gasteiger partial charge in [-0.1, -0.05) is 0 Å². The van der Waals surface area contributed by atoms with E-state index in [-0.39, 0.29) is 5.91 Å². The molecule has 0 rings (SSSR count). The van der Waals surface area contributed by atoms with Gasteiger partial charge < -0.3 is 14.4 Å². The fraction of sp³-hybridized carbons (Fsp3) is 0.571. The van der Waals surface area contributed by atoms with Gasteiger partial charge in [-0.05, 0) is 6.92 Å². The van der Waals surface area contributed by atoms with Crippen molar-refractivity contribution >= 4 is 14.3 Å². The lowest BCUT2D eigenvalue weighted by Gasteiger charge is -2.11. The predicted molar refractivity (Wildman–Crippen MR) is 48.8 cm³/mol. The minimum atomic E-state index is -1.06. The summed E-state index contributed by atoms with van der Waals surface area (Å²) in [7, 11) is 3.63. The highest BCUT2D eigenvalue weighted by Gasteiger charge is 2.09. The predicted octanol–water partition coefficient (Wildman–Crippen LogP) is 1.24. The van der Waals surface area contributed by atoms with Crippen molar-refractivity contribution in [3.63, 3.8) is 0 Å². The van der Waals surface area contributed by atoms with Gasteiger partial charge in [-0.25, -0.2) is 0 Å². The number of nitrogens with one attached hydrogen (secondary N) is 1. The smallest absolute Gasteiger partial charge is 0.244 e. The Morgan fingerprint density at radius 2 is 1.92 bits per heavy atom. The summed E-state index contributed by atoms with van der Waals surface area (Å²) >= 11 is 0. The van der Waals surface area contributed by atoms with E-state index in [9.17, 15) is 4.79 Å². The highest BCUT2D eigenvalue weighted by molar-refractivity contribution is 7.52. The van der Waals surface area contributed by atoms with Crippen LogP contribution in [0.5, 0.6) is 0 Å². The Morgan fingerprint density at radius 3 is 2.25 bits per heavy atom. The van der Waals surface area contributed by atoms with Crippen LogP contribution in [0.15, 0.2) is 11.4 Å². The first-order chi connectivity index (χ1) is 5.65. The van der Waals surface area contributed by atoms with Crippen molar-refractivity contribution in [2.75, 3.05) is 21.3 Å². The fourth-order valence-corrected chi connectivity index (χ4v) is 1.62. The zero-order chi connectivity index (χ0) is 9.56. The number of carbonyl (C=O) groups excluding carboxylic acids is 1. The number of carbonyl (C=O) groups is 1. The molecule has 0 radical (unpaired) electrons. The minimum Gasteiger partial charge on any atom is -0.356 e. The first-order valence-corrected chi connectivity index (χ1v) is 4.61. The molecule has 0 aliphatic carbocycles. The molecule has 0 atom stereocenters. The average molecular weight is 191 g/mol. The summed E-state index contributed by atoms with van der Waals surface area (Å²) in [4.78, 5) is 10.9. The summed E-state index contributed by atoms with van der Waals surface area (Å²) in [5.74, 6) is -0.144. The molecule has 0 saturated carbocycles. The standard InChI is InChI=1S/C7H14NO3P/c1-6(5-7(9)8-2)12(10-3)11-4/h5H,1-4H3,(H,8,9)/b6-5-. The van der Waals surface area contributed by atoms with Crippen LogP contribution in [-0.2, 0) is 13.8 Å². The number of hydrogen-bond donors (Lipinski definition) is 1. The number of rotatable bonds is 4. The lowest BCUT2D eigenvalue weighted by molar-refractivity contribution is -0.116. The highest BCUT2D eigenvalue weighted by atomic mass is 31.2. The molecule has 0 spiro atoms. The molecule has 12 heavy (non-hydrogen) atoms. The Morgan fingerprint density at radius 1 is 1.42 bits per heavy atom. The summed E-state index contributed by atoms with van der Waals surface area (Å²) in [5, 5.41) is 3.28. The van der Waals surface area contributed by atoms with Crippen molar-refractivity contribution in [3.8, 4) is 0 Å². The van der Waals surface area contributed by atoms with Crippen LogP contribution in [0.2, 0.25) is 0 Å². The van der Waals surface area contributed by atoms with Gasteiger partial charge in [0.25, 0.3) is 0 Å². The molecule has 0 aromatic heterocycles. The first kappa shape index (κ1) is 11.6. The van der Waals surface area contributed by atoms with E-state index in [4.69, 9.17) is 9.05 Å². The molecule has 0 unspecified atom stereocenters. The second kappa shape index (κ2) is 6.12. The van der Waals surface area contributed by atoms with Gasteiger partial charge in [-0.2, -0.15) is 0 Å². The maximum Gasteiger partial charge on any atom is 0.244 e. The van der Waals surface area contributed by atoms with E-state index in [1.807, 2.05) is 0 Å². The van der Waals surface area contributed by atoms with Gasteiger partial charge in [0, 0.05) is 32.7 Å². The molecule has 1 amide bonds. The zero-order valence-corrected chi connectivity index (χ0v) is 8.64. The van der Waals surface area contributed by atoms with Crippen LogP contribution in [0.4, 0.5) is 0 Å². The van der Waals surface area contributed by atoms with Crippen LogP contribution >= 0.6 is 8.38 Å². The van der Waals surface area contributed by atoms with E-state index in [1.54, 1.807) is 28.2 Å². The highest BCUT2D eigenvalue weighted by Crippen LogP contribution is 2.44. The minimum absolute atomic E-state index is 0.144. The van der Waals surface area contributed by atoms with E-state index in [0.29, 0.717) is 0 Å². The normalized spacial score (nSPS) is 11.9. The zero-order valence-electron chi connectivity index (χ0n) is 7.75. The third kappa shape index (κ3) is 3.81. The van der Waals surface area contributed by atoms with Crippen molar-refractivity contribution in [3.05, 3.63) is 11.4 Å². The maximum atomic E-state index is 10.9. The monoisotopic (exact) mass is 191 g/mol. The lowest BCUT2D eigenvalue weighted by Crippen LogP contribution is -2.14. The summed E-state index contributed by atoms with van der Waals surface area (Å²) in [6, 6.07) is 0. The van der Waals surface area contributed by atoms with Gasteiger partial charge in [0.1, 0.15) is 0 Å². The molecule has 0 fully saturated rings. The van der Waals surface area contributed by atoms with E-state index >= 15 is 0 Å².